The summed E-state index contributed by atoms with van der Waals surface area (Å²) in [7, 11) is 0. The molecule has 1 aromatic heterocycles. The average Bonchev–Trinajstić information content (AvgIpc) is 2.99. The predicted octanol–water partition coefficient (Wildman–Crippen LogP) is 3.29. The van der Waals surface area contributed by atoms with Gasteiger partial charge in [-0.3, -0.25) is 9.78 Å². The quantitative estimate of drug-likeness (QED) is 0.779. The average molecular weight is 318 g/mol. The third kappa shape index (κ3) is 2.60. The second-order valence-electron chi connectivity index (χ2n) is 6.17. The Hall–Kier alpha value is -2.88. The van der Waals surface area contributed by atoms with Crippen LogP contribution in [0.1, 0.15) is 29.2 Å². The SMILES string of the molecule is O=C(Cc1cccc2cccnc12)NC1CCc2c(O)cccc21. The molecule has 2 N–H and O–H groups in total. The highest BCUT2D eigenvalue weighted by Crippen LogP contribution is 2.36. The van der Waals surface area contributed by atoms with Gasteiger partial charge < -0.3 is 10.4 Å². The Morgan fingerprint density at radius 3 is 2.92 bits per heavy atom. The fourth-order valence-corrected chi connectivity index (χ4v) is 3.51. The van der Waals surface area contributed by atoms with E-state index in [1.165, 1.54) is 0 Å². The Balaban J connectivity index is 1.53. The van der Waals surface area contributed by atoms with Crippen LogP contribution < -0.4 is 5.32 Å². The third-order valence-electron chi connectivity index (χ3n) is 4.65. The Morgan fingerprint density at radius 1 is 1.17 bits per heavy atom. The topological polar surface area (TPSA) is 62.2 Å². The number of nitrogens with one attached hydrogen (secondary N) is 1. The van der Waals surface area contributed by atoms with Crippen molar-refractivity contribution in [1.29, 1.82) is 0 Å². The summed E-state index contributed by atoms with van der Waals surface area (Å²) in [5.41, 5.74) is 3.79. The van der Waals surface area contributed by atoms with Crippen molar-refractivity contribution in [2.45, 2.75) is 25.3 Å². The van der Waals surface area contributed by atoms with Crippen LogP contribution in [-0.4, -0.2) is 16.0 Å². The van der Waals surface area contributed by atoms with E-state index in [9.17, 15) is 9.90 Å². The molecule has 0 saturated carbocycles. The number of amides is 1. The number of hydrogen-bond acceptors (Lipinski definition) is 3. The second kappa shape index (κ2) is 5.96. The summed E-state index contributed by atoms with van der Waals surface area (Å²) in [5.74, 6) is 0.303. The highest BCUT2D eigenvalue weighted by atomic mass is 16.3. The number of para-hydroxylation sites is 1. The van der Waals surface area contributed by atoms with Crippen molar-refractivity contribution in [3.05, 3.63) is 71.4 Å². The molecule has 1 heterocycles. The maximum absolute atomic E-state index is 12.5. The van der Waals surface area contributed by atoms with Crippen molar-refractivity contribution in [2.24, 2.45) is 0 Å². The molecule has 24 heavy (non-hydrogen) atoms. The summed E-state index contributed by atoms with van der Waals surface area (Å²) in [6.45, 7) is 0. The van der Waals surface area contributed by atoms with Gasteiger partial charge in [-0.15, -0.1) is 0 Å². The Bertz CT molecular complexity index is 915. The fourth-order valence-electron chi connectivity index (χ4n) is 3.51. The molecule has 1 unspecified atom stereocenters. The van der Waals surface area contributed by atoms with E-state index in [-0.39, 0.29) is 11.9 Å². The van der Waals surface area contributed by atoms with Gasteiger partial charge in [0.25, 0.3) is 0 Å². The van der Waals surface area contributed by atoms with E-state index < -0.39 is 0 Å². The van der Waals surface area contributed by atoms with E-state index in [2.05, 4.69) is 10.3 Å². The number of carbonyl (C=O) groups is 1. The largest absolute Gasteiger partial charge is 0.508 e. The summed E-state index contributed by atoms with van der Waals surface area (Å²) in [6, 6.07) is 15.3. The van der Waals surface area contributed by atoms with Crippen LogP contribution in [0.4, 0.5) is 0 Å². The molecule has 3 aromatic rings. The van der Waals surface area contributed by atoms with Gasteiger partial charge in [0.2, 0.25) is 5.91 Å². The van der Waals surface area contributed by atoms with Gasteiger partial charge in [-0.25, -0.2) is 0 Å². The van der Waals surface area contributed by atoms with Gasteiger partial charge in [0.15, 0.2) is 0 Å². The molecule has 0 radical (unpaired) electrons. The molecule has 0 aliphatic heterocycles. The van der Waals surface area contributed by atoms with Gasteiger partial charge in [0, 0.05) is 11.6 Å². The van der Waals surface area contributed by atoms with E-state index >= 15 is 0 Å². The normalized spacial score (nSPS) is 16.1. The van der Waals surface area contributed by atoms with Crippen LogP contribution in [0.2, 0.25) is 0 Å². The zero-order chi connectivity index (χ0) is 16.5. The molecular weight excluding hydrogens is 300 g/mol. The zero-order valence-corrected chi connectivity index (χ0v) is 13.2. The first-order chi connectivity index (χ1) is 11.7. The Labute approximate surface area is 140 Å². The van der Waals surface area contributed by atoms with Crippen LogP contribution in [-0.2, 0) is 17.6 Å². The summed E-state index contributed by atoms with van der Waals surface area (Å²) < 4.78 is 0. The smallest absolute Gasteiger partial charge is 0.224 e. The molecule has 1 amide bonds. The fraction of sp³-hybridized carbons (Fsp3) is 0.200. The molecule has 2 aromatic carbocycles. The lowest BCUT2D eigenvalue weighted by atomic mass is 10.1. The minimum absolute atomic E-state index is 0.0191. The molecule has 0 saturated heterocycles. The minimum atomic E-state index is -0.0254. The van der Waals surface area contributed by atoms with Crippen molar-refractivity contribution in [1.82, 2.24) is 10.3 Å². The Morgan fingerprint density at radius 2 is 2.00 bits per heavy atom. The second-order valence-corrected chi connectivity index (χ2v) is 6.17. The molecule has 1 aliphatic carbocycles. The molecule has 4 nitrogen and oxygen atoms in total. The predicted molar refractivity (Wildman–Crippen MR) is 92.8 cm³/mol. The van der Waals surface area contributed by atoms with Crippen molar-refractivity contribution in [2.75, 3.05) is 0 Å². The van der Waals surface area contributed by atoms with E-state index in [0.29, 0.717) is 12.2 Å². The highest BCUT2D eigenvalue weighted by Gasteiger charge is 2.25. The first-order valence-electron chi connectivity index (χ1n) is 8.15. The van der Waals surface area contributed by atoms with Crippen molar-refractivity contribution < 1.29 is 9.90 Å². The zero-order valence-electron chi connectivity index (χ0n) is 13.2. The number of phenols is 1. The first-order valence-corrected chi connectivity index (χ1v) is 8.15. The number of carbonyl (C=O) groups excluding carboxylic acids is 1. The van der Waals surface area contributed by atoms with Gasteiger partial charge in [0.1, 0.15) is 5.75 Å². The van der Waals surface area contributed by atoms with Gasteiger partial charge in [-0.1, -0.05) is 36.4 Å². The molecule has 4 rings (SSSR count). The van der Waals surface area contributed by atoms with Crippen LogP contribution in [0, 0.1) is 0 Å². The van der Waals surface area contributed by atoms with Gasteiger partial charge in [-0.2, -0.15) is 0 Å². The number of hydrogen-bond donors (Lipinski definition) is 2. The lowest BCUT2D eigenvalue weighted by molar-refractivity contribution is -0.121. The summed E-state index contributed by atoms with van der Waals surface area (Å²) in [4.78, 5) is 16.9. The highest BCUT2D eigenvalue weighted by molar-refractivity contribution is 5.87. The number of nitrogens with zero attached hydrogens (tertiary/aromatic N) is 1. The summed E-state index contributed by atoms with van der Waals surface area (Å²) in [5, 5.41) is 14.1. The van der Waals surface area contributed by atoms with Crippen LogP contribution in [0.25, 0.3) is 10.9 Å². The molecule has 0 bridgehead atoms. The van der Waals surface area contributed by atoms with Crippen molar-refractivity contribution >= 4 is 16.8 Å². The number of fused-ring (bicyclic) bond motifs is 2. The van der Waals surface area contributed by atoms with Crippen LogP contribution >= 0.6 is 0 Å². The Kier molecular flexibility index (Phi) is 3.65. The van der Waals surface area contributed by atoms with Gasteiger partial charge in [0.05, 0.1) is 18.0 Å². The molecule has 1 aliphatic rings. The van der Waals surface area contributed by atoms with E-state index in [4.69, 9.17) is 0 Å². The number of pyridine rings is 1. The van der Waals surface area contributed by atoms with Crippen LogP contribution in [0.3, 0.4) is 0 Å². The summed E-state index contributed by atoms with van der Waals surface area (Å²) >= 11 is 0. The number of aromatic hydroxyl groups is 1. The lowest BCUT2D eigenvalue weighted by Gasteiger charge is -2.15. The standard InChI is InChI=1S/C20H18N2O2/c23-18-8-2-7-15-16(18)9-10-17(15)22-19(24)12-14-5-1-4-13-6-3-11-21-20(13)14/h1-8,11,17,23H,9-10,12H2,(H,22,24). The van der Waals surface area contributed by atoms with E-state index in [0.717, 1.165) is 40.4 Å². The molecule has 1 atom stereocenters. The van der Waals surface area contributed by atoms with E-state index in [1.54, 1.807) is 12.3 Å². The maximum Gasteiger partial charge on any atom is 0.224 e. The van der Waals surface area contributed by atoms with Crippen molar-refractivity contribution in [3.8, 4) is 5.75 Å². The van der Waals surface area contributed by atoms with E-state index in [1.807, 2.05) is 42.5 Å². The minimum Gasteiger partial charge on any atom is -0.508 e. The van der Waals surface area contributed by atoms with Gasteiger partial charge >= 0.3 is 0 Å². The first kappa shape index (κ1) is 14.7. The van der Waals surface area contributed by atoms with Crippen molar-refractivity contribution in [3.63, 3.8) is 0 Å². The number of benzene rings is 2. The maximum atomic E-state index is 12.5. The third-order valence-corrected chi connectivity index (χ3v) is 4.65. The summed E-state index contributed by atoms with van der Waals surface area (Å²) in [6.07, 6.45) is 3.67. The molecule has 4 heteroatoms. The lowest BCUT2D eigenvalue weighted by Crippen LogP contribution is -2.28. The molecule has 120 valence electrons. The molecule has 0 fully saturated rings. The number of rotatable bonds is 3. The van der Waals surface area contributed by atoms with Crippen LogP contribution in [0.15, 0.2) is 54.7 Å². The number of aromatic nitrogens is 1. The number of phenolic OH excluding ortho intramolecular Hbond substituents is 1. The molecular formula is C20H18N2O2. The van der Waals surface area contributed by atoms with Crippen LogP contribution in [0.5, 0.6) is 5.75 Å². The molecule has 0 spiro atoms. The van der Waals surface area contributed by atoms with Gasteiger partial charge in [-0.05, 0) is 41.7 Å². The monoisotopic (exact) mass is 318 g/mol.